The fraction of sp³-hybridized carbons (Fsp3) is 0.706. The Morgan fingerprint density at radius 3 is 2.33 bits per heavy atom. The van der Waals surface area contributed by atoms with Crippen molar-refractivity contribution in [3.05, 3.63) is 24.0 Å². The van der Waals surface area contributed by atoms with Crippen LogP contribution < -0.4 is 10.2 Å². The second kappa shape index (κ2) is 7.76. The van der Waals surface area contributed by atoms with E-state index in [-0.39, 0.29) is 0 Å². The van der Waals surface area contributed by atoms with Crippen LogP contribution in [0.15, 0.2) is 18.3 Å². The molecule has 1 aromatic heterocycles. The first-order chi connectivity index (χ1) is 10.2. The molecule has 2 rings (SSSR count). The lowest BCUT2D eigenvalue weighted by atomic mass is 10.1. The molecule has 0 amide bonds. The third kappa shape index (κ3) is 4.17. The van der Waals surface area contributed by atoms with E-state index >= 15 is 0 Å². The largest absolute Gasteiger partial charge is 0.368 e. The van der Waals surface area contributed by atoms with Crippen LogP contribution in [0.5, 0.6) is 0 Å². The van der Waals surface area contributed by atoms with Crippen LogP contribution in [-0.2, 0) is 0 Å². The Kier molecular flexibility index (Phi) is 6.00. The topological polar surface area (TPSA) is 31.4 Å². The molecule has 118 valence electrons. The van der Waals surface area contributed by atoms with E-state index in [1.54, 1.807) is 0 Å². The molecule has 21 heavy (non-hydrogen) atoms. The van der Waals surface area contributed by atoms with Gasteiger partial charge in [0.25, 0.3) is 0 Å². The lowest BCUT2D eigenvalue weighted by Crippen LogP contribution is -2.48. The summed E-state index contributed by atoms with van der Waals surface area (Å²) in [4.78, 5) is 9.67. The van der Waals surface area contributed by atoms with Gasteiger partial charge < -0.3 is 10.2 Å². The number of hydrogen-bond acceptors (Lipinski definition) is 4. The van der Waals surface area contributed by atoms with Crippen molar-refractivity contribution in [3.63, 3.8) is 0 Å². The zero-order valence-corrected chi connectivity index (χ0v) is 14.0. The lowest BCUT2D eigenvalue weighted by molar-refractivity contribution is 0.209. The number of pyridine rings is 1. The van der Waals surface area contributed by atoms with Gasteiger partial charge in [0, 0.05) is 38.3 Å². The van der Waals surface area contributed by atoms with E-state index in [0.717, 1.165) is 44.8 Å². The highest BCUT2D eigenvalue weighted by atomic mass is 15.3. The molecule has 4 nitrogen and oxygen atoms in total. The Hall–Kier alpha value is -1.13. The lowest BCUT2D eigenvalue weighted by Gasteiger charge is -2.38. The molecule has 1 aliphatic rings. The van der Waals surface area contributed by atoms with Gasteiger partial charge in [0.15, 0.2) is 0 Å². The van der Waals surface area contributed by atoms with Crippen LogP contribution in [0.3, 0.4) is 0 Å². The van der Waals surface area contributed by atoms with Gasteiger partial charge in [-0.1, -0.05) is 13.8 Å². The van der Waals surface area contributed by atoms with Gasteiger partial charge in [-0.2, -0.15) is 0 Å². The highest BCUT2D eigenvalue weighted by Crippen LogP contribution is 2.20. The quantitative estimate of drug-likeness (QED) is 0.873. The molecule has 0 spiro atoms. The number of nitrogens with one attached hydrogen (secondary N) is 1. The normalized spacial score (nSPS) is 18.2. The molecule has 1 saturated heterocycles. The highest BCUT2D eigenvalue weighted by molar-refractivity contribution is 5.45. The Morgan fingerprint density at radius 2 is 1.86 bits per heavy atom. The van der Waals surface area contributed by atoms with Gasteiger partial charge in [0.05, 0.1) is 17.6 Å². The maximum absolute atomic E-state index is 4.68. The van der Waals surface area contributed by atoms with E-state index in [4.69, 9.17) is 0 Å². The fourth-order valence-corrected chi connectivity index (χ4v) is 2.99. The second-order valence-corrected chi connectivity index (χ2v) is 6.08. The SMILES string of the molecule is CCNC(CC)c1ccc(N2CCN(C(C)C)CC2)cn1. The van der Waals surface area contributed by atoms with E-state index in [1.165, 1.54) is 5.69 Å². The molecule has 1 fully saturated rings. The average molecular weight is 290 g/mol. The molecule has 1 aliphatic heterocycles. The smallest absolute Gasteiger partial charge is 0.0574 e. The first kappa shape index (κ1) is 16.2. The summed E-state index contributed by atoms with van der Waals surface area (Å²) in [5, 5.41) is 3.48. The minimum atomic E-state index is 0.377. The Balaban J connectivity index is 1.96. The highest BCUT2D eigenvalue weighted by Gasteiger charge is 2.19. The number of nitrogens with zero attached hydrogens (tertiary/aromatic N) is 3. The Bertz CT molecular complexity index is 407. The number of piperazine rings is 1. The summed E-state index contributed by atoms with van der Waals surface area (Å²) in [7, 11) is 0. The predicted molar refractivity (Wildman–Crippen MR) is 89.9 cm³/mol. The second-order valence-electron chi connectivity index (χ2n) is 6.08. The van der Waals surface area contributed by atoms with Gasteiger partial charge in [0.1, 0.15) is 0 Å². The first-order valence-electron chi connectivity index (χ1n) is 8.34. The molecule has 0 aliphatic carbocycles. The van der Waals surface area contributed by atoms with E-state index in [2.05, 4.69) is 59.9 Å². The summed E-state index contributed by atoms with van der Waals surface area (Å²) in [6.07, 6.45) is 3.12. The zero-order chi connectivity index (χ0) is 15.2. The van der Waals surface area contributed by atoms with Crippen molar-refractivity contribution >= 4 is 5.69 Å². The van der Waals surface area contributed by atoms with Crippen molar-refractivity contribution in [2.24, 2.45) is 0 Å². The zero-order valence-electron chi connectivity index (χ0n) is 14.0. The minimum absolute atomic E-state index is 0.377. The maximum Gasteiger partial charge on any atom is 0.0574 e. The van der Waals surface area contributed by atoms with Crippen LogP contribution in [0.1, 0.15) is 45.9 Å². The van der Waals surface area contributed by atoms with E-state index in [1.807, 2.05) is 6.20 Å². The van der Waals surface area contributed by atoms with Gasteiger partial charge in [-0.3, -0.25) is 9.88 Å². The molecule has 0 radical (unpaired) electrons. The molecular formula is C17H30N4. The van der Waals surface area contributed by atoms with Crippen LogP contribution in [0.2, 0.25) is 0 Å². The standard InChI is InChI=1S/C17H30N4/c1-5-16(18-6-2)17-8-7-15(13-19-17)21-11-9-20(10-12-21)14(3)4/h7-8,13-14,16,18H,5-6,9-12H2,1-4H3. The maximum atomic E-state index is 4.68. The number of hydrogen-bond donors (Lipinski definition) is 1. The summed E-state index contributed by atoms with van der Waals surface area (Å²) in [6.45, 7) is 14.4. The molecule has 0 saturated carbocycles. The summed E-state index contributed by atoms with van der Waals surface area (Å²) < 4.78 is 0. The molecule has 0 aromatic carbocycles. The summed E-state index contributed by atoms with van der Waals surface area (Å²) in [6, 6.07) is 5.44. The van der Waals surface area contributed by atoms with Crippen LogP contribution in [-0.4, -0.2) is 48.6 Å². The molecular weight excluding hydrogens is 260 g/mol. The van der Waals surface area contributed by atoms with Gasteiger partial charge in [-0.05, 0) is 38.9 Å². The molecule has 1 aromatic rings. The molecule has 1 N–H and O–H groups in total. The fourth-order valence-electron chi connectivity index (χ4n) is 2.99. The molecule has 0 bridgehead atoms. The summed E-state index contributed by atoms with van der Waals surface area (Å²) in [5.74, 6) is 0. The van der Waals surface area contributed by atoms with Crippen LogP contribution >= 0.6 is 0 Å². The number of rotatable bonds is 6. The number of anilines is 1. The summed E-state index contributed by atoms with van der Waals surface area (Å²) >= 11 is 0. The third-order valence-corrected chi connectivity index (χ3v) is 4.40. The number of aromatic nitrogens is 1. The van der Waals surface area contributed by atoms with Crippen molar-refractivity contribution in [3.8, 4) is 0 Å². The minimum Gasteiger partial charge on any atom is -0.368 e. The molecule has 1 unspecified atom stereocenters. The van der Waals surface area contributed by atoms with Gasteiger partial charge >= 0.3 is 0 Å². The van der Waals surface area contributed by atoms with E-state index in [9.17, 15) is 0 Å². The molecule has 4 heteroatoms. The van der Waals surface area contributed by atoms with Crippen molar-refractivity contribution < 1.29 is 0 Å². The van der Waals surface area contributed by atoms with Crippen molar-refractivity contribution in [2.75, 3.05) is 37.6 Å². The van der Waals surface area contributed by atoms with E-state index < -0.39 is 0 Å². The third-order valence-electron chi connectivity index (χ3n) is 4.40. The van der Waals surface area contributed by atoms with Crippen molar-refractivity contribution in [1.82, 2.24) is 15.2 Å². The first-order valence-corrected chi connectivity index (χ1v) is 8.34. The van der Waals surface area contributed by atoms with Crippen LogP contribution in [0.25, 0.3) is 0 Å². The van der Waals surface area contributed by atoms with Gasteiger partial charge in [0.2, 0.25) is 0 Å². The Labute approximate surface area is 129 Å². The monoisotopic (exact) mass is 290 g/mol. The molecule has 1 atom stereocenters. The Morgan fingerprint density at radius 1 is 1.14 bits per heavy atom. The van der Waals surface area contributed by atoms with Crippen LogP contribution in [0.4, 0.5) is 5.69 Å². The molecule has 2 heterocycles. The summed E-state index contributed by atoms with van der Waals surface area (Å²) in [5.41, 5.74) is 2.41. The van der Waals surface area contributed by atoms with E-state index in [0.29, 0.717) is 12.1 Å². The van der Waals surface area contributed by atoms with Gasteiger partial charge in [-0.25, -0.2) is 0 Å². The van der Waals surface area contributed by atoms with Gasteiger partial charge in [-0.15, -0.1) is 0 Å². The average Bonchev–Trinajstić information content (AvgIpc) is 2.53. The van der Waals surface area contributed by atoms with Crippen LogP contribution in [0, 0.1) is 0 Å². The van der Waals surface area contributed by atoms with Crippen molar-refractivity contribution in [2.45, 2.75) is 46.2 Å². The van der Waals surface area contributed by atoms with Crippen molar-refractivity contribution in [1.29, 1.82) is 0 Å². The predicted octanol–water partition coefficient (Wildman–Crippen LogP) is 2.67.